The summed E-state index contributed by atoms with van der Waals surface area (Å²) in [7, 11) is 0. The first-order valence-electron chi connectivity index (χ1n) is 10.6. The Morgan fingerprint density at radius 2 is 1.97 bits per heavy atom. The number of nitrogens with zero attached hydrogens (tertiary/aromatic N) is 9. The number of hydrogen-bond donors (Lipinski definition) is 0. The molecule has 6 rings (SSSR count). The Bertz CT molecular complexity index is 1360. The van der Waals surface area contributed by atoms with Crippen LogP contribution in [0.5, 0.6) is 0 Å². The van der Waals surface area contributed by atoms with Gasteiger partial charge in [-0.15, -0.1) is 6.42 Å². The van der Waals surface area contributed by atoms with Gasteiger partial charge in [0.25, 0.3) is 0 Å². The van der Waals surface area contributed by atoms with Gasteiger partial charge in [-0.05, 0) is 18.2 Å². The molecule has 0 N–H and O–H groups in total. The monoisotopic (exact) mass is 445 g/mol. The number of benzene rings is 1. The summed E-state index contributed by atoms with van der Waals surface area (Å²) in [6.07, 6.45) is 8.56. The molecule has 0 spiro atoms. The molecule has 0 amide bonds. The number of hydrogen-bond acceptors (Lipinski definition) is 8. The van der Waals surface area contributed by atoms with Gasteiger partial charge in [0.2, 0.25) is 11.7 Å². The van der Waals surface area contributed by atoms with E-state index in [1.807, 2.05) is 4.57 Å². The van der Waals surface area contributed by atoms with Crippen LogP contribution in [0.2, 0.25) is 0 Å². The third kappa shape index (κ3) is 3.49. The lowest BCUT2D eigenvalue weighted by Crippen LogP contribution is -2.45. The van der Waals surface area contributed by atoms with E-state index in [0.29, 0.717) is 48.4 Å². The fraction of sp³-hybridized carbons (Fsp3) is 0.318. The van der Waals surface area contributed by atoms with Gasteiger partial charge in [-0.2, -0.15) is 10.1 Å². The third-order valence-electron chi connectivity index (χ3n) is 6.06. The summed E-state index contributed by atoms with van der Waals surface area (Å²) in [6.45, 7) is 5.25. The average molecular weight is 445 g/mol. The van der Waals surface area contributed by atoms with Crippen LogP contribution in [0.15, 0.2) is 35.4 Å². The molecule has 10 nitrogen and oxygen atoms in total. The van der Waals surface area contributed by atoms with Crippen LogP contribution < -0.4 is 0 Å². The lowest BCUT2D eigenvalue weighted by Gasteiger charge is -2.32. The van der Waals surface area contributed by atoms with Gasteiger partial charge < -0.3 is 4.52 Å². The summed E-state index contributed by atoms with van der Waals surface area (Å²) in [6, 6.07) is 4.59. The van der Waals surface area contributed by atoms with Crippen LogP contribution in [-0.4, -0.2) is 77.0 Å². The fourth-order valence-electron chi connectivity index (χ4n) is 4.39. The van der Waals surface area contributed by atoms with Crippen molar-refractivity contribution in [3.8, 4) is 40.9 Å². The highest BCUT2D eigenvalue weighted by Crippen LogP contribution is 2.33. The molecular weight excluding hydrogens is 425 g/mol. The Morgan fingerprint density at radius 3 is 2.82 bits per heavy atom. The summed E-state index contributed by atoms with van der Waals surface area (Å²) in [4.78, 5) is 18.0. The first-order valence-corrected chi connectivity index (χ1v) is 10.6. The van der Waals surface area contributed by atoms with Gasteiger partial charge >= 0.3 is 0 Å². The minimum atomic E-state index is -0.338. The highest BCUT2D eigenvalue weighted by molar-refractivity contribution is 5.70. The van der Waals surface area contributed by atoms with Crippen molar-refractivity contribution in [2.75, 3.05) is 32.7 Å². The van der Waals surface area contributed by atoms with E-state index in [2.05, 4.69) is 40.9 Å². The molecule has 166 valence electrons. The lowest BCUT2D eigenvalue weighted by atomic mass is 10.1. The first-order chi connectivity index (χ1) is 16.2. The number of piperazine rings is 1. The van der Waals surface area contributed by atoms with E-state index in [1.54, 1.807) is 17.1 Å². The Kier molecular flexibility index (Phi) is 4.74. The summed E-state index contributed by atoms with van der Waals surface area (Å²) in [5.41, 5.74) is 2.84. The molecule has 1 saturated heterocycles. The van der Waals surface area contributed by atoms with Gasteiger partial charge in [0, 0.05) is 31.7 Å². The molecule has 0 atom stereocenters. The second-order valence-electron chi connectivity index (χ2n) is 8.08. The molecule has 0 unspecified atom stereocenters. The highest BCUT2D eigenvalue weighted by Gasteiger charge is 2.27. The number of aromatic nitrogens is 7. The predicted octanol–water partition coefficient (Wildman–Crippen LogP) is 1.43. The normalized spacial score (nSPS) is 16.0. The largest absolute Gasteiger partial charge is 0.337 e. The number of rotatable bonds is 4. The van der Waals surface area contributed by atoms with Crippen LogP contribution >= 0.6 is 0 Å². The zero-order chi connectivity index (χ0) is 22.4. The standard InChI is InChI=1S/C22H20FN9O/c1-2-5-29-6-8-30(9-7-29)12-19-27-21(28-33-19)20-18-11-32-22(24-13-26-32)16-10-15(23)3-4-17(16)31(18)14-25-20/h1,3-4,10,13-14H,5-9,11-12H2. The molecule has 3 aromatic heterocycles. The van der Waals surface area contributed by atoms with E-state index < -0.39 is 0 Å². The fourth-order valence-corrected chi connectivity index (χ4v) is 4.39. The molecule has 5 heterocycles. The molecule has 4 aromatic rings. The Balaban J connectivity index is 1.29. The number of imidazole rings is 1. The highest BCUT2D eigenvalue weighted by atomic mass is 19.1. The van der Waals surface area contributed by atoms with Crippen molar-refractivity contribution < 1.29 is 8.91 Å². The maximum Gasteiger partial charge on any atom is 0.241 e. The minimum Gasteiger partial charge on any atom is -0.337 e. The van der Waals surface area contributed by atoms with E-state index in [0.717, 1.165) is 37.6 Å². The smallest absolute Gasteiger partial charge is 0.241 e. The summed E-state index contributed by atoms with van der Waals surface area (Å²) in [5.74, 6) is 3.90. The molecule has 0 aliphatic carbocycles. The first kappa shape index (κ1) is 19.8. The van der Waals surface area contributed by atoms with E-state index in [9.17, 15) is 4.39 Å². The van der Waals surface area contributed by atoms with Crippen molar-refractivity contribution in [3.05, 3.63) is 48.3 Å². The van der Waals surface area contributed by atoms with E-state index in [1.165, 1.54) is 18.5 Å². The summed E-state index contributed by atoms with van der Waals surface area (Å²) in [5, 5.41) is 8.51. The van der Waals surface area contributed by atoms with Crippen LogP contribution in [-0.2, 0) is 13.1 Å². The summed E-state index contributed by atoms with van der Waals surface area (Å²) >= 11 is 0. The van der Waals surface area contributed by atoms with Crippen molar-refractivity contribution in [1.82, 2.24) is 44.3 Å². The van der Waals surface area contributed by atoms with E-state index >= 15 is 0 Å². The summed E-state index contributed by atoms with van der Waals surface area (Å²) < 4.78 is 23.2. The van der Waals surface area contributed by atoms with Crippen LogP contribution in [0.3, 0.4) is 0 Å². The zero-order valence-electron chi connectivity index (χ0n) is 17.7. The Hall–Kier alpha value is -3.88. The molecule has 2 aliphatic rings. The van der Waals surface area contributed by atoms with Gasteiger partial charge in [-0.25, -0.2) is 19.0 Å². The lowest BCUT2D eigenvalue weighted by molar-refractivity contribution is 0.126. The van der Waals surface area contributed by atoms with Crippen molar-refractivity contribution in [2.24, 2.45) is 0 Å². The van der Waals surface area contributed by atoms with Gasteiger partial charge in [0.1, 0.15) is 24.2 Å². The minimum absolute atomic E-state index is 0.338. The van der Waals surface area contributed by atoms with Gasteiger partial charge in [0.05, 0.1) is 31.0 Å². The predicted molar refractivity (Wildman–Crippen MR) is 115 cm³/mol. The third-order valence-corrected chi connectivity index (χ3v) is 6.06. The van der Waals surface area contributed by atoms with Crippen molar-refractivity contribution in [3.63, 3.8) is 0 Å². The Labute approximate surface area is 188 Å². The van der Waals surface area contributed by atoms with Crippen LogP contribution in [0.4, 0.5) is 4.39 Å². The maximum atomic E-state index is 14.0. The maximum absolute atomic E-state index is 14.0. The van der Waals surface area contributed by atoms with Crippen LogP contribution in [0, 0.1) is 18.2 Å². The Morgan fingerprint density at radius 1 is 1.12 bits per heavy atom. The van der Waals surface area contributed by atoms with Crippen molar-refractivity contribution >= 4 is 0 Å². The van der Waals surface area contributed by atoms with Gasteiger partial charge in [-0.3, -0.25) is 14.4 Å². The van der Waals surface area contributed by atoms with Crippen LogP contribution in [0.1, 0.15) is 11.6 Å². The number of terminal acetylenes is 1. The zero-order valence-corrected chi connectivity index (χ0v) is 17.7. The van der Waals surface area contributed by atoms with E-state index in [-0.39, 0.29) is 5.82 Å². The molecule has 2 aliphatic heterocycles. The van der Waals surface area contributed by atoms with E-state index in [4.69, 9.17) is 10.9 Å². The quantitative estimate of drug-likeness (QED) is 0.384. The van der Waals surface area contributed by atoms with Gasteiger partial charge in [-0.1, -0.05) is 11.1 Å². The molecule has 33 heavy (non-hydrogen) atoms. The molecule has 1 fully saturated rings. The molecule has 0 bridgehead atoms. The van der Waals surface area contributed by atoms with Crippen molar-refractivity contribution in [1.29, 1.82) is 0 Å². The average Bonchev–Trinajstić information content (AvgIpc) is 3.55. The second kappa shape index (κ2) is 7.91. The topological polar surface area (TPSA) is 93.9 Å². The van der Waals surface area contributed by atoms with Gasteiger partial charge in [0.15, 0.2) is 5.82 Å². The molecule has 0 radical (unpaired) electrons. The number of fused-ring (bicyclic) bond motifs is 5. The molecule has 0 saturated carbocycles. The molecule has 11 heteroatoms. The SMILES string of the molecule is C#CCN1CCN(Cc2nc(-c3ncn4c3Cn3ncnc3-c3cc(F)ccc3-4)no2)CC1. The molecular formula is C22H20FN9O. The second-order valence-corrected chi connectivity index (χ2v) is 8.08. The number of halogens is 1. The van der Waals surface area contributed by atoms with Crippen LogP contribution in [0.25, 0.3) is 28.6 Å². The van der Waals surface area contributed by atoms with Crippen molar-refractivity contribution in [2.45, 2.75) is 13.1 Å². The molecule has 1 aromatic carbocycles.